The van der Waals surface area contributed by atoms with Crippen LogP contribution >= 0.6 is 11.5 Å². The number of aromatic nitrogens is 4. The molecule has 0 aliphatic heterocycles. The Hall–Kier alpha value is -3.79. The number of carbonyl (C=O) groups excluding carboxylic acids is 1. The number of carbonyl (C=O) groups is 1. The average Bonchev–Trinajstić information content (AvgIpc) is 3.36. The predicted molar refractivity (Wildman–Crippen MR) is 98.8 cm³/mol. The number of anilines is 2. The van der Waals surface area contributed by atoms with E-state index in [1.807, 2.05) is 0 Å². The zero-order valence-corrected chi connectivity index (χ0v) is 14.5. The van der Waals surface area contributed by atoms with Gasteiger partial charge in [-0.1, -0.05) is 0 Å². The molecule has 0 saturated carbocycles. The van der Waals surface area contributed by atoms with E-state index in [4.69, 9.17) is 9.15 Å². The molecular weight excluding hydrogens is 368 g/mol. The van der Waals surface area contributed by atoms with Crippen molar-refractivity contribution in [3.63, 3.8) is 0 Å². The lowest BCUT2D eigenvalue weighted by atomic mass is 10.3. The van der Waals surface area contributed by atoms with E-state index in [1.54, 1.807) is 48.8 Å². The van der Waals surface area contributed by atoms with Gasteiger partial charge in [0, 0.05) is 29.5 Å². The van der Waals surface area contributed by atoms with Gasteiger partial charge < -0.3 is 14.5 Å². The zero-order chi connectivity index (χ0) is 18.5. The number of ether oxygens (including phenoxy) is 1. The summed E-state index contributed by atoms with van der Waals surface area (Å²) in [5.74, 6) is 1.61. The molecule has 0 spiro atoms. The number of hydrogen-bond donors (Lipinski definition) is 2. The number of nitrogens with zero attached hydrogens (tertiary/aromatic N) is 4. The minimum atomic E-state index is -0.401. The largest absolute Gasteiger partial charge is 0.445 e. The Labute approximate surface area is 157 Å². The zero-order valence-electron chi connectivity index (χ0n) is 13.7. The van der Waals surface area contributed by atoms with Crippen LogP contribution < -0.4 is 15.4 Å². The maximum Gasteiger partial charge on any atom is 0.324 e. The standard InChI is InChI=1S/C17H12N6O3S/c24-17(22-15-5-6-18-9-20-15)21-11-1-3-12(4-2-11)26-16-7-13(23-27-16)14-8-19-10-25-14/h1-10H,(H2,18,20,21,22,24). The Morgan fingerprint density at radius 1 is 1.11 bits per heavy atom. The van der Waals surface area contributed by atoms with E-state index >= 15 is 0 Å². The van der Waals surface area contributed by atoms with Gasteiger partial charge in [-0.15, -0.1) is 0 Å². The smallest absolute Gasteiger partial charge is 0.324 e. The fourth-order valence-electron chi connectivity index (χ4n) is 2.13. The number of hydrogen-bond acceptors (Lipinski definition) is 8. The molecule has 0 unspecified atom stereocenters. The van der Waals surface area contributed by atoms with Crippen LogP contribution in [0.2, 0.25) is 0 Å². The van der Waals surface area contributed by atoms with Gasteiger partial charge in [-0.2, -0.15) is 4.37 Å². The van der Waals surface area contributed by atoms with Gasteiger partial charge in [-0.3, -0.25) is 5.32 Å². The molecular formula is C17H12N6O3S. The van der Waals surface area contributed by atoms with Crippen molar-refractivity contribution in [2.24, 2.45) is 0 Å². The first-order valence-electron chi connectivity index (χ1n) is 7.74. The Kier molecular flexibility index (Phi) is 4.70. The van der Waals surface area contributed by atoms with Crippen LogP contribution in [0, 0.1) is 0 Å². The van der Waals surface area contributed by atoms with Gasteiger partial charge in [-0.05, 0) is 30.3 Å². The Morgan fingerprint density at radius 2 is 2.00 bits per heavy atom. The van der Waals surface area contributed by atoms with E-state index < -0.39 is 6.03 Å². The van der Waals surface area contributed by atoms with Crippen LogP contribution in [-0.4, -0.2) is 25.4 Å². The minimum Gasteiger partial charge on any atom is -0.445 e. The first-order chi connectivity index (χ1) is 13.3. The number of rotatable bonds is 5. The number of urea groups is 1. The molecule has 0 aliphatic rings. The van der Waals surface area contributed by atoms with E-state index in [9.17, 15) is 4.79 Å². The lowest BCUT2D eigenvalue weighted by Gasteiger charge is -2.07. The quantitative estimate of drug-likeness (QED) is 0.537. The fourth-order valence-corrected chi connectivity index (χ4v) is 2.76. The van der Waals surface area contributed by atoms with Crippen LogP contribution in [0.5, 0.6) is 10.8 Å². The summed E-state index contributed by atoms with van der Waals surface area (Å²) < 4.78 is 15.2. The summed E-state index contributed by atoms with van der Waals surface area (Å²) >= 11 is 1.21. The molecule has 4 aromatic rings. The fraction of sp³-hybridized carbons (Fsp3) is 0. The molecule has 2 amide bonds. The predicted octanol–water partition coefficient (Wildman–Crippen LogP) is 4.02. The summed E-state index contributed by atoms with van der Waals surface area (Å²) in [6.07, 6.45) is 5.84. The molecule has 0 saturated heterocycles. The van der Waals surface area contributed by atoms with Crippen LogP contribution in [0.3, 0.4) is 0 Å². The van der Waals surface area contributed by atoms with E-state index in [1.165, 1.54) is 24.3 Å². The van der Waals surface area contributed by atoms with E-state index in [0.29, 0.717) is 33.8 Å². The normalized spacial score (nSPS) is 10.4. The Balaban J connectivity index is 1.35. The van der Waals surface area contributed by atoms with Crippen molar-refractivity contribution in [2.45, 2.75) is 0 Å². The molecule has 3 aromatic heterocycles. The number of benzene rings is 1. The monoisotopic (exact) mass is 380 g/mol. The van der Waals surface area contributed by atoms with Crippen molar-refractivity contribution in [3.8, 4) is 22.3 Å². The molecule has 134 valence electrons. The second-order valence-corrected chi connectivity index (χ2v) is 5.96. The molecule has 10 heteroatoms. The van der Waals surface area contributed by atoms with Gasteiger partial charge in [0.2, 0.25) is 5.06 Å². The van der Waals surface area contributed by atoms with Gasteiger partial charge in [0.1, 0.15) is 23.6 Å². The molecule has 0 radical (unpaired) electrons. The van der Waals surface area contributed by atoms with E-state index in [2.05, 4.69) is 30.0 Å². The molecule has 1 aromatic carbocycles. The minimum absolute atomic E-state index is 0.401. The highest BCUT2D eigenvalue weighted by molar-refractivity contribution is 7.08. The molecule has 3 heterocycles. The van der Waals surface area contributed by atoms with Crippen LogP contribution in [0.1, 0.15) is 0 Å². The molecule has 27 heavy (non-hydrogen) atoms. The van der Waals surface area contributed by atoms with Gasteiger partial charge in [-0.25, -0.2) is 19.7 Å². The Bertz CT molecular complexity index is 1020. The van der Waals surface area contributed by atoms with Gasteiger partial charge in [0.25, 0.3) is 0 Å². The summed E-state index contributed by atoms with van der Waals surface area (Å²) in [7, 11) is 0. The molecule has 0 atom stereocenters. The lowest BCUT2D eigenvalue weighted by Crippen LogP contribution is -2.19. The summed E-state index contributed by atoms with van der Waals surface area (Å²) in [6.45, 7) is 0. The molecule has 9 nitrogen and oxygen atoms in total. The maximum atomic E-state index is 11.9. The van der Waals surface area contributed by atoms with Crippen LogP contribution in [0.15, 0.2) is 65.9 Å². The average molecular weight is 380 g/mol. The van der Waals surface area contributed by atoms with Crippen LogP contribution in [0.25, 0.3) is 11.5 Å². The van der Waals surface area contributed by atoms with Crippen LogP contribution in [-0.2, 0) is 0 Å². The number of amides is 2. The highest BCUT2D eigenvalue weighted by atomic mass is 32.1. The van der Waals surface area contributed by atoms with E-state index in [0.717, 1.165) is 0 Å². The molecule has 0 aliphatic carbocycles. The van der Waals surface area contributed by atoms with Crippen molar-refractivity contribution in [3.05, 3.63) is 61.5 Å². The van der Waals surface area contributed by atoms with Crippen LogP contribution in [0.4, 0.5) is 16.3 Å². The van der Waals surface area contributed by atoms with Gasteiger partial charge >= 0.3 is 6.03 Å². The van der Waals surface area contributed by atoms with Crippen molar-refractivity contribution in [2.75, 3.05) is 10.6 Å². The third-order valence-corrected chi connectivity index (χ3v) is 4.00. The molecule has 2 N–H and O–H groups in total. The topological polar surface area (TPSA) is 115 Å². The summed E-state index contributed by atoms with van der Waals surface area (Å²) in [5, 5.41) is 5.93. The Morgan fingerprint density at radius 3 is 2.74 bits per heavy atom. The maximum absolute atomic E-state index is 11.9. The van der Waals surface area contributed by atoms with Crippen molar-refractivity contribution >= 4 is 29.1 Å². The highest BCUT2D eigenvalue weighted by Crippen LogP contribution is 2.31. The molecule has 0 bridgehead atoms. The number of nitrogens with one attached hydrogen (secondary N) is 2. The summed E-state index contributed by atoms with van der Waals surface area (Å²) in [5.41, 5.74) is 1.27. The van der Waals surface area contributed by atoms with E-state index in [-0.39, 0.29) is 0 Å². The summed E-state index contributed by atoms with van der Waals surface area (Å²) in [4.78, 5) is 23.5. The lowest BCUT2D eigenvalue weighted by molar-refractivity contribution is 0.262. The van der Waals surface area contributed by atoms with Gasteiger partial charge in [0.05, 0.1) is 6.20 Å². The third kappa shape index (κ3) is 4.25. The summed E-state index contributed by atoms with van der Waals surface area (Å²) in [6, 6.07) is 9.91. The first-order valence-corrected chi connectivity index (χ1v) is 8.51. The second-order valence-electron chi connectivity index (χ2n) is 5.20. The third-order valence-electron chi connectivity index (χ3n) is 3.33. The van der Waals surface area contributed by atoms with Crippen molar-refractivity contribution in [1.29, 1.82) is 0 Å². The highest BCUT2D eigenvalue weighted by Gasteiger charge is 2.09. The SMILES string of the molecule is O=C(Nc1ccc(Oc2cc(-c3cnco3)ns2)cc1)Nc1ccncn1. The first kappa shape index (κ1) is 16.7. The van der Waals surface area contributed by atoms with Crippen molar-refractivity contribution < 1.29 is 13.9 Å². The number of oxazole rings is 1. The van der Waals surface area contributed by atoms with Gasteiger partial charge in [0.15, 0.2) is 12.2 Å². The van der Waals surface area contributed by atoms with Crippen molar-refractivity contribution in [1.82, 2.24) is 19.3 Å². The molecule has 4 rings (SSSR count). The molecule has 0 fully saturated rings. The second kappa shape index (κ2) is 7.62.